The van der Waals surface area contributed by atoms with Crippen molar-refractivity contribution in [3.63, 3.8) is 0 Å². The van der Waals surface area contributed by atoms with Crippen LogP contribution in [0.25, 0.3) is 0 Å². The Bertz CT molecular complexity index is 231. The van der Waals surface area contributed by atoms with Gasteiger partial charge in [-0.3, -0.25) is 0 Å². The highest BCUT2D eigenvalue weighted by Crippen LogP contribution is 2.34. The fraction of sp³-hybridized carbons (Fsp3) is 1.00. The Kier molecular flexibility index (Phi) is 9.49. The largest absolute Gasteiger partial charge is 0.382 e. The van der Waals surface area contributed by atoms with Crippen LogP contribution < -0.4 is 5.32 Å². The summed E-state index contributed by atoms with van der Waals surface area (Å²) >= 11 is 0. The van der Waals surface area contributed by atoms with Crippen molar-refractivity contribution in [3.05, 3.63) is 0 Å². The van der Waals surface area contributed by atoms with Gasteiger partial charge >= 0.3 is 0 Å². The van der Waals surface area contributed by atoms with Crippen LogP contribution in [0.4, 0.5) is 0 Å². The average Bonchev–Trinajstić information content (AvgIpc) is 3.29. The molecule has 1 aliphatic carbocycles. The van der Waals surface area contributed by atoms with Gasteiger partial charge in [-0.15, -0.1) is 0 Å². The molecular formula is C17H35NO2. The molecule has 0 aromatic carbocycles. The maximum Gasteiger partial charge on any atom is 0.0700 e. The van der Waals surface area contributed by atoms with Crippen LogP contribution in [0.2, 0.25) is 0 Å². The van der Waals surface area contributed by atoms with Crippen molar-refractivity contribution in [1.29, 1.82) is 0 Å². The van der Waals surface area contributed by atoms with Crippen LogP contribution in [0.3, 0.4) is 0 Å². The van der Waals surface area contributed by atoms with Gasteiger partial charge in [0, 0.05) is 26.3 Å². The van der Waals surface area contributed by atoms with Gasteiger partial charge in [0.15, 0.2) is 0 Å². The number of methoxy groups -OCH3 is 1. The molecular weight excluding hydrogens is 250 g/mol. The Morgan fingerprint density at radius 3 is 2.40 bits per heavy atom. The number of ether oxygens (including phenoxy) is 2. The number of hydrogen-bond donors (Lipinski definition) is 1. The molecule has 1 unspecified atom stereocenters. The Balaban J connectivity index is 2.26. The van der Waals surface area contributed by atoms with Crippen molar-refractivity contribution in [2.24, 2.45) is 5.41 Å². The summed E-state index contributed by atoms with van der Waals surface area (Å²) in [6.45, 7) is 8.16. The highest BCUT2D eigenvalue weighted by molar-refractivity contribution is 4.87. The van der Waals surface area contributed by atoms with E-state index >= 15 is 0 Å². The maximum absolute atomic E-state index is 5.61. The van der Waals surface area contributed by atoms with Crippen molar-refractivity contribution < 1.29 is 9.47 Å². The van der Waals surface area contributed by atoms with E-state index in [1.54, 1.807) is 7.11 Å². The standard InChI is InChI=1S/C17H35NO2/c1-4-6-10-17(5-2,15-18-16-8-9-16)11-7-12-20-14-13-19-3/h16,18H,4-15H2,1-3H3. The van der Waals surface area contributed by atoms with E-state index in [1.807, 2.05) is 0 Å². The third-order valence-corrected chi connectivity index (χ3v) is 4.58. The van der Waals surface area contributed by atoms with Gasteiger partial charge in [-0.1, -0.05) is 26.7 Å². The van der Waals surface area contributed by atoms with Gasteiger partial charge in [0.25, 0.3) is 0 Å². The van der Waals surface area contributed by atoms with E-state index in [2.05, 4.69) is 19.2 Å². The van der Waals surface area contributed by atoms with E-state index in [0.717, 1.165) is 19.3 Å². The fourth-order valence-electron chi connectivity index (χ4n) is 2.77. The lowest BCUT2D eigenvalue weighted by Crippen LogP contribution is -2.35. The first-order valence-electron chi connectivity index (χ1n) is 8.56. The summed E-state index contributed by atoms with van der Waals surface area (Å²) in [5.74, 6) is 0. The molecule has 1 fully saturated rings. The second-order valence-corrected chi connectivity index (χ2v) is 6.32. The normalized spacial score (nSPS) is 18.1. The van der Waals surface area contributed by atoms with Crippen LogP contribution in [0.5, 0.6) is 0 Å². The highest BCUT2D eigenvalue weighted by Gasteiger charge is 2.30. The van der Waals surface area contributed by atoms with Crippen molar-refractivity contribution in [2.45, 2.75) is 71.3 Å². The van der Waals surface area contributed by atoms with Crippen LogP contribution in [0.1, 0.15) is 65.2 Å². The molecule has 20 heavy (non-hydrogen) atoms. The molecule has 1 atom stereocenters. The summed E-state index contributed by atoms with van der Waals surface area (Å²) in [5, 5.41) is 3.76. The molecule has 0 aliphatic heterocycles. The summed E-state index contributed by atoms with van der Waals surface area (Å²) < 4.78 is 10.6. The van der Waals surface area contributed by atoms with E-state index < -0.39 is 0 Å². The van der Waals surface area contributed by atoms with Gasteiger partial charge in [0.05, 0.1) is 13.2 Å². The molecule has 0 radical (unpaired) electrons. The Morgan fingerprint density at radius 2 is 1.80 bits per heavy atom. The summed E-state index contributed by atoms with van der Waals surface area (Å²) in [6.07, 6.45) is 10.5. The lowest BCUT2D eigenvalue weighted by Gasteiger charge is -2.33. The SMILES string of the molecule is CCCCC(CC)(CCCOCCOC)CNC1CC1. The first-order valence-corrected chi connectivity index (χ1v) is 8.56. The Hall–Kier alpha value is -0.120. The zero-order valence-corrected chi connectivity index (χ0v) is 13.9. The lowest BCUT2D eigenvalue weighted by molar-refractivity contribution is 0.0618. The molecule has 1 rings (SSSR count). The lowest BCUT2D eigenvalue weighted by atomic mass is 9.76. The smallest absolute Gasteiger partial charge is 0.0700 e. The molecule has 1 N–H and O–H groups in total. The van der Waals surface area contributed by atoms with Crippen LogP contribution in [-0.2, 0) is 9.47 Å². The molecule has 0 saturated heterocycles. The van der Waals surface area contributed by atoms with Crippen molar-refractivity contribution >= 4 is 0 Å². The minimum atomic E-state index is 0.489. The van der Waals surface area contributed by atoms with Gasteiger partial charge in [-0.05, 0) is 43.9 Å². The predicted octanol–water partition coefficient (Wildman–Crippen LogP) is 3.77. The van der Waals surface area contributed by atoms with E-state index in [-0.39, 0.29) is 0 Å². The predicted molar refractivity (Wildman–Crippen MR) is 85.2 cm³/mol. The second-order valence-electron chi connectivity index (χ2n) is 6.32. The topological polar surface area (TPSA) is 30.5 Å². The molecule has 3 heteroatoms. The zero-order chi connectivity index (χ0) is 14.7. The highest BCUT2D eigenvalue weighted by atomic mass is 16.5. The summed E-state index contributed by atoms with van der Waals surface area (Å²) in [4.78, 5) is 0. The first kappa shape index (κ1) is 17.9. The Labute approximate surface area is 125 Å². The third-order valence-electron chi connectivity index (χ3n) is 4.58. The quantitative estimate of drug-likeness (QED) is 0.493. The van der Waals surface area contributed by atoms with E-state index in [1.165, 1.54) is 57.9 Å². The molecule has 0 spiro atoms. The number of unbranched alkanes of at least 4 members (excludes halogenated alkanes) is 1. The summed E-state index contributed by atoms with van der Waals surface area (Å²) in [5.41, 5.74) is 0.489. The van der Waals surface area contributed by atoms with Gasteiger partial charge in [-0.2, -0.15) is 0 Å². The molecule has 120 valence electrons. The first-order chi connectivity index (χ1) is 9.76. The average molecular weight is 285 g/mol. The molecule has 0 amide bonds. The summed E-state index contributed by atoms with van der Waals surface area (Å²) in [7, 11) is 1.72. The molecule has 1 saturated carbocycles. The maximum atomic E-state index is 5.61. The van der Waals surface area contributed by atoms with E-state index in [0.29, 0.717) is 12.0 Å². The summed E-state index contributed by atoms with van der Waals surface area (Å²) in [6, 6.07) is 0.820. The van der Waals surface area contributed by atoms with Gasteiger partial charge < -0.3 is 14.8 Å². The van der Waals surface area contributed by atoms with Crippen molar-refractivity contribution in [1.82, 2.24) is 5.32 Å². The minimum absolute atomic E-state index is 0.489. The van der Waals surface area contributed by atoms with E-state index in [9.17, 15) is 0 Å². The number of hydrogen-bond acceptors (Lipinski definition) is 3. The van der Waals surface area contributed by atoms with Gasteiger partial charge in [0.1, 0.15) is 0 Å². The monoisotopic (exact) mass is 285 g/mol. The minimum Gasteiger partial charge on any atom is -0.382 e. The zero-order valence-electron chi connectivity index (χ0n) is 13.9. The molecule has 0 bridgehead atoms. The van der Waals surface area contributed by atoms with Crippen LogP contribution in [0, 0.1) is 5.41 Å². The molecule has 1 aliphatic rings. The number of rotatable bonds is 14. The van der Waals surface area contributed by atoms with Gasteiger partial charge in [-0.25, -0.2) is 0 Å². The molecule has 0 heterocycles. The van der Waals surface area contributed by atoms with Crippen molar-refractivity contribution in [3.8, 4) is 0 Å². The van der Waals surface area contributed by atoms with E-state index in [4.69, 9.17) is 9.47 Å². The molecule has 0 aromatic heterocycles. The fourth-order valence-corrected chi connectivity index (χ4v) is 2.77. The number of nitrogens with one attached hydrogen (secondary N) is 1. The molecule has 3 nitrogen and oxygen atoms in total. The van der Waals surface area contributed by atoms with Crippen LogP contribution >= 0.6 is 0 Å². The van der Waals surface area contributed by atoms with Crippen LogP contribution in [0.15, 0.2) is 0 Å². The Morgan fingerprint density at radius 1 is 1.05 bits per heavy atom. The van der Waals surface area contributed by atoms with Crippen molar-refractivity contribution in [2.75, 3.05) is 33.5 Å². The third kappa shape index (κ3) is 7.61. The van der Waals surface area contributed by atoms with Gasteiger partial charge in [0.2, 0.25) is 0 Å². The van der Waals surface area contributed by atoms with Crippen LogP contribution in [-0.4, -0.2) is 39.5 Å². The second kappa shape index (κ2) is 10.6. The molecule has 0 aromatic rings.